The molecule has 0 bridgehead atoms. The molecule has 0 N–H and O–H groups in total. The molecule has 1 aromatic heterocycles. The van der Waals surface area contributed by atoms with Crippen molar-refractivity contribution in [1.82, 2.24) is 0 Å². The number of ether oxygens (including phenoxy) is 1. The summed E-state index contributed by atoms with van der Waals surface area (Å²) < 4.78 is 10.6. The number of hydrogen-bond acceptors (Lipinski definition) is 3. The van der Waals surface area contributed by atoms with E-state index >= 15 is 0 Å². The first-order valence-electron chi connectivity index (χ1n) is 6.83. The van der Waals surface area contributed by atoms with Crippen LogP contribution < -0.4 is 0 Å². The molecule has 1 aliphatic rings. The van der Waals surface area contributed by atoms with Crippen molar-refractivity contribution >= 4 is 14.0 Å². The average molecular weight is 278 g/mol. The van der Waals surface area contributed by atoms with Crippen molar-refractivity contribution in [3.63, 3.8) is 0 Å². The summed E-state index contributed by atoms with van der Waals surface area (Å²) in [6.07, 6.45) is 3.86. The smallest absolute Gasteiger partial charge is 0.310 e. The van der Waals surface area contributed by atoms with Gasteiger partial charge >= 0.3 is 5.97 Å². The van der Waals surface area contributed by atoms with Crippen LogP contribution in [0.4, 0.5) is 0 Å². The first-order valence-corrected chi connectivity index (χ1v) is 10.4. The summed E-state index contributed by atoms with van der Waals surface area (Å²) >= 11 is 0. The van der Waals surface area contributed by atoms with Gasteiger partial charge in [-0.2, -0.15) is 0 Å². The molecule has 0 aromatic carbocycles. The van der Waals surface area contributed by atoms with E-state index in [9.17, 15) is 4.79 Å². The fourth-order valence-corrected chi connectivity index (χ4v) is 3.16. The fraction of sp³-hybridized carbons (Fsp3) is 0.533. The van der Waals surface area contributed by atoms with Gasteiger partial charge < -0.3 is 9.15 Å². The largest absolute Gasteiger partial charge is 0.469 e. The molecule has 104 valence electrons. The molecule has 3 nitrogen and oxygen atoms in total. The fourth-order valence-electron chi connectivity index (χ4n) is 2.36. The lowest BCUT2D eigenvalue weighted by Gasteiger charge is -2.07. The number of allylic oxidation sites excluding steroid dienone is 1. The van der Waals surface area contributed by atoms with Gasteiger partial charge in [-0.25, -0.2) is 0 Å². The third-order valence-corrected chi connectivity index (χ3v) is 4.52. The number of carbonyl (C=O) groups excluding carboxylic acids is 1. The first-order chi connectivity index (χ1) is 8.94. The van der Waals surface area contributed by atoms with Crippen LogP contribution in [0, 0.1) is 11.8 Å². The summed E-state index contributed by atoms with van der Waals surface area (Å²) in [5.74, 6) is 1.11. The molecule has 1 aromatic rings. The lowest BCUT2D eigenvalue weighted by molar-refractivity contribution is -0.145. The Labute approximate surface area is 115 Å². The number of esters is 1. The molecule has 0 aliphatic heterocycles. The quantitative estimate of drug-likeness (QED) is 0.610. The normalized spacial score (nSPS) is 26.6. The average Bonchev–Trinajstić information content (AvgIpc) is 2.77. The number of hydrogen-bond donors (Lipinski definition) is 0. The zero-order valence-corrected chi connectivity index (χ0v) is 13.1. The first kappa shape index (κ1) is 14.1. The molecular formula is C15H22O3Si. The molecule has 0 radical (unpaired) electrons. The lowest BCUT2D eigenvalue weighted by Crippen LogP contribution is -2.15. The van der Waals surface area contributed by atoms with Gasteiger partial charge in [0, 0.05) is 11.8 Å². The van der Waals surface area contributed by atoms with Gasteiger partial charge in [-0.05, 0) is 19.1 Å². The van der Waals surface area contributed by atoms with Gasteiger partial charge in [-0.15, -0.1) is 0 Å². The van der Waals surface area contributed by atoms with Crippen molar-refractivity contribution in [1.29, 1.82) is 0 Å². The molecule has 0 saturated heterocycles. The minimum Gasteiger partial charge on any atom is -0.469 e. The molecule has 1 saturated carbocycles. The predicted molar refractivity (Wildman–Crippen MR) is 77.5 cm³/mol. The lowest BCUT2D eigenvalue weighted by atomic mass is 10.2. The van der Waals surface area contributed by atoms with Crippen LogP contribution >= 0.6 is 0 Å². The van der Waals surface area contributed by atoms with Gasteiger partial charge in [0.1, 0.15) is 5.76 Å². The zero-order chi connectivity index (χ0) is 14.0. The second-order valence-electron chi connectivity index (χ2n) is 6.12. The minimum absolute atomic E-state index is 0.0706. The molecule has 19 heavy (non-hydrogen) atoms. The SMILES string of the molecule is CCOC(=O)[C@H]1[C@@H](/C=C/[Si](C)(C)C)[C@@H]1c1ccco1. The topological polar surface area (TPSA) is 39.4 Å². The molecule has 4 heteroatoms. The summed E-state index contributed by atoms with van der Waals surface area (Å²) in [5.41, 5.74) is 2.30. The molecule has 3 atom stereocenters. The van der Waals surface area contributed by atoms with E-state index in [-0.39, 0.29) is 23.7 Å². The van der Waals surface area contributed by atoms with Crippen molar-refractivity contribution in [2.75, 3.05) is 6.61 Å². The predicted octanol–water partition coefficient (Wildman–Crippen LogP) is 3.61. The summed E-state index contributed by atoms with van der Waals surface area (Å²) in [7, 11) is -1.24. The molecule has 1 aliphatic carbocycles. The third-order valence-electron chi connectivity index (χ3n) is 3.32. The summed E-state index contributed by atoms with van der Waals surface area (Å²) in [4.78, 5) is 12.0. The number of furan rings is 1. The maximum absolute atomic E-state index is 12.0. The van der Waals surface area contributed by atoms with Crippen LogP contribution in [0.25, 0.3) is 0 Å². The molecular weight excluding hydrogens is 256 g/mol. The van der Waals surface area contributed by atoms with E-state index in [4.69, 9.17) is 9.15 Å². The molecule has 1 fully saturated rings. The second-order valence-corrected chi connectivity index (χ2v) is 11.2. The Morgan fingerprint density at radius 1 is 1.47 bits per heavy atom. The minimum atomic E-state index is -1.24. The molecule has 0 unspecified atom stereocenters. The number of rotatable bonds is 5. The van der Waals surface area contributed by atoms with E-state index in [1.807, 2.05) is 19.1 Å². The van der Waals surface area contributed by atoms with Gasteiger partial charge in [0.2, 0.25) is 0 Å². The van der Waals surface area contributed by atoms with E-state index in [2.05, 4.69) is 31.4 Å². The molecule has 0 spiro atoms. The number of carbonyl (C=O) groups is 1. The van der Waals surface area contributed by atoms with Crippen LogP contribution in [0.3, 0.4) is 0 Å². The van der Waals surface area contributed by atoms with E-state index in [1.54, 1.807) is 6.26 Å². The van der Waals surface area contributed by atoms with E-state index < -0.39 is 8.07 Å². The van der Waals surface area contributed by atoms with Gasteiger partial charge in [0.25, 0.3) is 0 Å². The van der Waals surface area contributed by atoms with Crippen LogP contribution in [0.15, 0.2) is 34.6 Å². The highest BCUT2D eigenvalue weighted by molar-refractivity contribution is 6.80. The van der Waals surface area contributed by atoms with Crippen LogP contribution in [0.2, 0.25) is 19.6 Å². The van der Waals surface area contributed by atoms with E-state index in [1.165, 1.54) is 0 Å². The Morgan fingerprint density at radius 2 is 2.21 bits per heavy atom. The highest BCUT2D eigenvalue weighted by Gasteiger charge is 2.56. The van der Waals surface area contributed by atoms with Gasteiger partial charge in [-0.3, -0.25) is 4.79 Å². The van der Waals surface area contributed by atoms with E-state index in [0.29, 0.717) is 6.61 Å². The van der Waals surface area contributed by atoms with Crippen molar-refractivity contribution in [3.8, 4) is 0 Å². The highest BCUT2D eigenvalue weighted by Crippen LogP contribution is 2.55. The van der Waals surface area contributed by atoms with Gasteiger partial charge in [0.05, 0.1) is 26.9 Å². The summed E-state index contributed by atoms with van der Waals surface area (Å²) in [6, 6.07) is 3.81. The van der Waals surface area contributed by atoms with E-state index in [0.717, 1.165) is 5.76 Å². The van der Waals surface area contributed by atoms with Gasteiger partial charge in [-0.1, -0.05) is 31.4 Å². The Morgan fingerprint density at radius 3 is 2.74 bits per heavy atom. The molecule has 2 rings (SSSR count). The maximum Gasteiger partial charge on any atom is 0.310 e. The second kappa shape index (κ2) is 5.37. The van der Waals surface area contributed by atoms with Crippen molar-refractivity contribution < 1.29 is 13.9 Å². The highest BCUT2D eigenvalue weighted by atomic mass is 28.3. The maximum atomic E-state index is 12.0. The van der Waals surface area contributed by atoms with Crippen molar-refractivity contribution in [2.45, 2.75) is 32.5 Å². The Hall–Kier alpha value is -1.29. The van der Waals surface area contributed by atoms with Crippen LogP contribution in [0.1, 0.15) is 18.6 Å². The van der Waals surface area contributed by atoms with Crippen LogP contribution in [-0.4, -0.2) is 20.7 Å². The Balaban J connectivity index is 2.12. The Bertz CT molecular complexity index is 456. The molecule has 0 amide bonds. The van der Waals surface area contributed by atoms with Crippen molar-refractivity contribution in [2.24, 2.45) is 11.8 Å². The molecule has 1 heterocycles. The summed E-state index contributed by atoms with van der Waals surface area (Å²) in [5, 5.41) is 0. The van der Waals surface area contributed by atoms with Crippen molar-refractivity contribution in [3.05, 3.63) is 35.9 Å². The standard InChI is InChI=1S/C15H22O3Si/c1-5-17-15(16)14-11(8-10-19(2,3)4)13(14)12-7-6-9-18-12/h6-11,13-14H,5H2,1-4H3/b10-8+/t11-,13+,14-/m0/s1. The van der Waals surface area contributed by atoms with Crippen LogP contribution in [0.5, 0.6) is 0 Å². The zero-order valence-electron chi connectivity index (χ0n) is 12.1. The van der Waals surface area contributed by atoms with Crippen LogP contribution in [-0.2, 0) is 9.53 Å². The third kappa shape index (κ3) is 3.38. The van der Waals surface area contributed by atoms with Gasteiger partial charge in [0.15, 0.2) is 0 Å². The summed E-state index contributed by atoms with van der Waals surface area (Å²) in [6.45, 7) is 9.13. The Kier molecular flexibility index (Phi) is 3.99. The monoisotopic (exact) mass is 278 g/mol.